The van der Waals surface area contributed by atoms with Crippen molar-refractivity contribution in [3.63, 3.8) is 0 Å². The number of benzene rings is 2. The van der Waals surface area contributed by atoms with Crippen molar-refractivity contribution in [2.24, 2.45) is 5.41 Å². The highest BCUT2D eigenvalue weighted by molar-refractivity contribution is 7.19. The first kappa shape index (κ1) is 20.1. The van der Waals surface area contributed by atoms with Gasteiger partial charge in [0.2, 0.25) is 0 Å². The molecule has 0 spiro atoms. The summed E-state index contributed by atoms with van der Waals surface area (Å²) in [7, 11) is 0. The third kappa shape index (κ3) is 4.17. The average molecular weight is 445 g/mol. The number of thiazole rings is 1. The average Bonchev–Trinajstić information content (AvgIpc) is 3.52. The number of hydrogen-bond acceptors (Lipinski definition) is 7. The molecule has 1 aliphatic carbocycles. The van der Waals surface area contributed by atoms with E-state index < -0.39 is 11.4 Å². The fraction of sp³-hybridized carbons (Fsp3) is 0.167. The largest absolute Gasteiger partial charge is 0.481 e. The summed E-state index contributed by atoms with van der Waals surface area (Å²) in [5.41, 5.74) is 1.90. The number of nitrogens with one attached hydrogen (secondary N) is 1. The van der Waals surface area contributed by atoms with Crippen molar-refractivity contribution in [1.29, 1.82) is 0 Å². The molecule has 7 nitrogen and oxygen atoms in total. The highest BCUT2D eigenvalue weighted by Gasteiger charge is 2.50. The Morgan fingerprint density at radius 1 is 1.00 bits per heavy atom. The smallest absolute Gasteiger partial charge is 0.311 e. The van der Waals surface area contributed by atoms with E-state index in [2.05, 4.69) is 15.3 Å². The van der Waals surface area contributed by atoms with Gasteiger partial charge < -0.3 is 15.2 Å². The van der Waals surface area contributed by atoms with Crippen LogP contribution in [-0.2, 0) is 4.79 Å². The van der Waals surface area contributed by atoms with Crippen LogP contribution in [0.15, 0.2) is 73.3 Å². The molecule has 0 saturated heterocycles. The van der Waals surface area contributed by atoms with Gasteiger partial charge in [-0.15, -0.1) is 0 Å². The van der Waals surface area contributed by atoms with Gasteiger partial charge in [0.05, 0.1) is 16.0 Å². The van der Waals surface area contributed by atoms with Gasteiger partial charge >= 0.3 is 5.97 Å². The lowest BCUT2D eigenvalue weighted by Crippen LogP contribution is -2.24. The van der Waals surface area contributed by atoms with Gasteiger partial charge in [0.25, 0.3) is 0 Å². The van der Waals surface area contributed by atoms with Crippen LogP contribution in [0, 0.1) is 5.41 Å². The first-order valence-corrected chi connectivity index (χ1v) is 11.0. The molecule has 1 fully saturated rings. The molecule has 2 heterocycles. The lowest BCUT2D eigenvalue weighted by atomic mass is 10.1. The maximum absolute atomic E-state index is 11.5. The summed E-state index contributed by atoms with van der Waals surface area (Å²) in [4.78, 5) is 25.5. The number of carboxylic acid groups (broad SMARTS) is 1. The molecule has 2 aromatic carbocycles. The number of ether oxygens (including phenoxy) is 1. The summed E-state index contributed by atoms with van der Waals surface area (Å²) in [6.07, 6.45) is 6.37. The predicted octanol–water partition coefficient (Wildman–Crippen LogP) is 5.34. The molecule has 2 N–H and O–H groups in total. The number of para-hydroxylation sites is 1. The van der Waals surface area contributed by atoms with E-state index in [1.54, 1.807) is 12.4 Å². The number of carboxylic acids is 1. The second kappa shape index (κ2) is 8.39. The summed E-state index contributed by atoms with van der Waals surface area (Å²) < 4.78 is 5.89. The molecule has 0 unspecified atom stereocenters. The lowest BCUT2D eigenvalue weighted by Gasteiger charge is -2.09. The van der Waals surface area contributed by atoms with Crippen molar-refractivity contribution >= 4 is 22.4 Å². The normalized spacial score (nSPS) is 14.0. The van der Waals surface area contributed by atoms with Crippen molar-refractivity contribution in [3.8, 4) is 33.2 Å². The third-order valence-electron chi connectivity index (χ3n) is 5.44. The Labute approximate surface area is 188 Å². The molecule has 0 radical (unpaired) electrons. The summed E-state index contributed by atoms with van der Waals surface area (Å²) in [6, 6.07) is 17.4. The monoisotopic (exact) mass is 444 g/mol. The van der Waals surface area contributed by atoms with Crippen LogP contribution in [0.2, 0.25) is 0 Å². The topological polar surface area (TPSA) is 97.2 Å². The van der Waals surface area contributed by atoms with E-state index in [1.807, 2.05) is 54.6 Å². The molecule has 8 heteroatoms. The third-order valence-corrected chi connectivity index (χ3v) is 6.50. The van der Waals surface area contributed by atoms with Gasteiger partial charge in [0.1, 0.15) is 17.8 Å². The second-order valence-corrected chi connectivity index (χ2v) is 8.70. The molecule has 160 valence electrons. The minimum Gasteiger partial charge on any atom is -0.481 e. The predicted molar refractivity (Wildman–Crippen MR) is 123 cm³/mol. The molecule has 0 bridgehead atoms. The van der Waals surface area contributed by atoms with Crippen LogP contribution in [0.3, 0.4) is 0 Å². The Balaban J connectivity index is 1.42. The maximum Gasteiger partial charge on any atom is 0.311 e. The zero-order valence-electron chi connectivity index (χ0n) is 17.1. The zero-order chi connectivity index (χ0) is 22.0. The van der Waals surface area contributed by atoms with Crippen molar-refractivity contribution in [2.45, 2.75) is 12.8 Å². The van der Waals surface area contributed by atoms with Crippen LogP contribution in [0.1, 0.15) is 12.8 Å². The van der Waals surface area contributed by atoms with Crippen LogP contribution in [0.4, 0.5) is 5.13 Å². The van der Waals surface area contributed by atoms with Crippen LogP contribution < -0.4 is 10.1 Å². The van der Waals surface area contributed by atoms with Crippen LogP contribution in [0.5, 0.6) is 11.5 Å². The fourth-order valence-corrected chi connectivity index (χ4v) is 4.33. The van der Waals surface area contributed by atoms with Crippen molar-refractivity contribution in [3.05, 3.63) is 73.3 Å². The molecular formula is C24H20N4O3S. The highest BCUT2D eigenvalue weighted by Crippen LogP contribution is 2.46. The van der Waals surface area contributed by atoms with E-state index in [0.29, 0.717) is 24.5 Å². The summed E-state index contributed by atoms with van der Waals surface area (Å²) in [5, 5.41) is 13.4. The summed E-state index contributed by atoms with van der Waals surface area (Å²) in [5.74, 6) is 0.748. The molecule has 0 aliphatic heterocycles. The van der Waals surface area contributed by atoms with E-state index in [1.165, 1.54) is 17.7 Å². The molecule has 32 heavy (non-hydrogen) atoms. The Kier molecular flexibility index (Phi) is 5.28. The number of anilines is 1. The number of aliphatic carboxylic acids is 1. The molecule has 1 saturated carbocycles. The SMILES string of the molecule is O=C(O)C1(CNc2nc(-c3ccc(Oc4ccccc4)cc3)c(-c3cncnc3)s2)CC1. The van der Waals surface area contributed by atoms with E-state index in [-0.39, 0.29) is 0 Å². The number of nitrogens with zero attached hydrogens (tertiary/aromatic N) is 3. The quantitative estimate of drug-likeness (QED) is 0.379. The Hall–Kier alpha value is -3.78. The molecule has 2 aromatic heterocycles. The zero-order valence-corrected chi connectivity index (χ0v) is 17.9. The summed E-state index contributed by atoms with van der Waals surface area (Å²) >= 11 is 1.47. The standard InChI is InChI=1S/C24H20N4O3S/c29-22(30)24(10-11-24)14-27-23-28-20(21(32-23)17-12-25-15-26-13-17)16-6-8-19(9-7-16)31-18-4-2-1-3-5-18/h1-9,12-13,15H,10-11,14H2,(H,27,28)(H,29,30). The second-order valence-electron chi connectivity index (χ2n) is 7.70. The number of aromatic nitrogens is 3. The van der Waals surface area contributed by atoms with Crippen LogP contribution in [-0.4, -0.2) is 32.6 Å². The highest BCUT2D eigenvalue weighted by atomic mass is 32.1. The van der Waals surface area contributed by atoms with Crippen molar-refractivity contribution < 1.29 is 14.6 Å². The minimum absolute atomic E-state index is 0.365. The first-order chi connectivity index (χ1) is 15.6. The van der Waals surface area contributed by atoms with Gasteiger partial charge in [-0.05, 0) is 49.2 Å². The van der Waals surface area contributed by atoms with Crippen LogP contribution in [0.25, 0.3) is 21.7 Å². The number of hydrogen-bond donors (Lipinski definition) is 2. The van der Waals surface area contributed by atoms with E-state index >= 15 is 0 Å². The molecular weight excluding hydrogens is 424 g/mol. The van der Waals surface area contributed by atoms with E-state index in [9.17, 15) is 9.90 Å². The Bertz CT molecular complexity index is 1220. The van der Waals surface area contributed by atoms with Gasteiger partial charge in [-0.1, -0.05) is 29.5 Å². The maximum atomic E-state index is 11.5. The number of carbonyl (C=O) groups is 1. The Morgan fingerprint density at radius 2 is 1.69 bits per heavy atom. The van der Waals surface area contributed by atoms with Crippen molar-refractivity contribution in [2.75, 3.05) is 11.9 Å². The van der Waals surface area contributed by atoms with Gasteiger partial charge in [0, 0.05) is 30.1 Å². The van der Waals surface area contributed by atoms with Gasteiger partial charge in [0.15, 0.2) is 5.13 Å². The van der Waals surface area contributed by atoms with Gasteiger partial charge in [-0.25, -0.2) is 15.0 Å². The van der Waals surface area contributed by atoms with Crippen molar-refractivity contribution in [1.82, 2.24) is 15.0 Å². The number of rotatable bonds is 8. The van der Waals surface area contributed by atoms with Gasteiger partial charge in [-0.2, -0.15) is 0 Å². The first-order valence-electron chi connectivity index (χ1n) is 10.2. The van der Waals surface area contributed by atoms with E-state index in [4.69, 9.17) is 9.72 Å². The molecule has 1 aliphatic rings. The lowest BCUT2D eigenvalue weighted by molar-refractivity contribution is -0.142. The molecule has 5 rings (SSSR count). The Morgan fingerprint density at radius 3 is 2.34 bits per heavy atom. The molecule has 0 atom stereocenters. The van der Waals surface area contributed by atoms with Gasteiger partial charge in [-0.3, -0.25) is 4.79 Å². The molecule has 0 amide bonds. The molecule has 4 aromatic rings. The fourth-order valence-electron chi connectivity index (χ4n) is 3.37. The van der Waals surface area contributed by atoms with Crippen LogP contribution >= 0.6 is 11.3 Å². The minimum atomic E-state index is -0.757. The van der Waals surface area contributed by atoms with E-state index in [0.717, 1.165) is 33.2 Å². The summed E-state index contributed by atoms with van der Waals surface area (Å²) in [6.45, 7) is 0.365.